The first-order valence-electron chi connectivity index (χ1n) is 6.10. The van der Waals surface area contributed by atoms with Crippen molar-refractivity contribution < 1.29 is 5.11 Å². The summed E-state index contributed by atoms with van der Waals surface area (Å²) in [5.41, 5.74) is 3.77. The highest BCUT2D eigenvalue weighted by molar-refractivity contribution is 5.34. The summed E-state index contributed by atoms with van der Waals surface area (Å²) >= 11 is 0. The second-order valence-electron chi connectivity index (χ2n) is 5.37. The Morgan fingerprint density at radius 3 is 2.50 bits per heavy atom. The minimum Gasteiger partial charge on any atom is -0.393 e. The summed E-state index contributed by atoms with van der Waals surface area (Å²) in [4.78, 5) is 0. The van der Waals surface area contributed by atoms with Crippen LogP contribution in [-0.4, -0.2) is 21.0 Å². The molecule has 1 saturated carbocycles. The van der Waals surface area contributed by atoms with Gasteiger partial charge in [0.1, 0.15) is 0 Å². The highest BCUT2D eigenvalue weighted by Gasteiger charge is 2.51. The maximum Gasteiger partial charge on any atom is 0.0631 e. The molecule has 0 amide bonds. The summed E-state index contributed by atoms with van der Waals surface area (Å²) in [6.07, 6.45) is 1.76. The van der Waals surface area contributed by atoms with Crippen LogP contribution < -0.4 is 0 Å². The van der Waals surface area contributed by atoms with Crippen LogP contribution in [0.4, 0.5) is 0 Å². The molecule has 0 spiro atoms. The Balaban J connectivity index is 2.40. The van der Waals surface area contributed by atoms with Crippen LogP contribution in [-0.2, 0) is 7.05 Å². The lowest BCUT2D eigenvalue weighted by Gasteiger charge is -2.51. The molecule has 1 fully saturated rings. The summed E-state index contributed by atoms with van der Waals surface area (Å²) in [5.74, 6) is 0.473. The molecule has 0 bridgehead atoms. The summed E-state index contributed by atoms with van der Waals surface area (Å²) in [6, 6.07) is 0. The van der Waals surface area contributed by atoms with E-state index in [2.05, 4.69) is 32.8 Å². The largest absolute Gasteiger partial charge is 0.393 e. The van der Waals surface area contributed by atoms with Gasteiger partial charge in [0.25, 0.3) is 0 Å². The molecular formula is C13H22N2O. The van der Waals surface area contributed by atoms with Crippen LogP contribution in [0.1, 0.15) is 49.6 Å². The Hall–Kier alpha value is -0.830. The van der Waals surface area contributed by atoms with Gasteiger partial charge < -0.3 is 5.11 Å². The van der Waals surface area contributed by atoms with Crippen molar-refractivity contribution >= 4 is 0 Å². The highest BCUT2D eigenvalue weighted by Crippen LogP contribution is 2.55. The molecule has 0 saturated heterocycles. The van der Waals surface area contributed by atoms with Crippen LogP contribution in [0.2, 0.25) is 0 Å². The molecule has 16 heavy (non-hydrogen) atoms. The molecule has 1 N–H and O–H groups in total. The molecule has 1 aliphatic carbocycles. The van der Waals surface area contributed by atoms with Crippen molar-refractivity contribution in [1.29, 1.82) is 0 Å². The molecule has 3 unspecified atom stereocenters. The first-order chi connectivity index (χ1) is 7.41. The molecule has 3 atom stereocenters. The van der Waals surface area contributed by atoms with Crippen LogP contribution in [0.25, 0.3) is 0 Å². The van der Waals surface area contributed by atoms with Gasteiger partial charge in [-0.3, -0.25) is 4.68 Å². The van der Waals surface area contributed by atoms with Crippen molar-refractivity contribution in [2.45, 2.75) is 52.6 Å². The summed E-state index contributed by atoms with van der Waals surface area (Å²) in [7, 11) is 1.99. The van der Waals surface area contributed by atoms with Crippen molar-refractivity contribution in [2.75, 3.05) is 0 Å². The number of nitrogens with zero attached hydrogens (tertiary/aromatic N) is 2. The zero-order chi connectivity index (χ0) is 12.1. The monoisotopic (exact) mass is 222 g/mol. The van der Waals surface area contributed by atoms with E-state index in [1.165, 1.54) is 11.3 Å². The zero-order valence-electron chi connectivity index (χ0n) is 10.9. The maximum atomic E-state index is 9.96. The SMILES string of the molecule is CCC1(C)C(O)CC1c1c(C)nn(C)c1C. The number of aliphatic hydroxyl groups excluding tert-OH is 1. The fourth-order valence-electron chi connectivity index (χ4n) is 3.06. The van der Waals surface area contributed by atoms with Crippen molar-refractivity contribution in [3.8, 4) is 0 Å². The van der Waals surface area contributed by atoms with E-state index in [-0.39, 0.29) is 11.5 Å². The molecule has 1 aromatic heterocycles. The number of hydrogen-bond acceptors (Lipinski definition) is 2. The van der Waals surface area contributed by atoms with Gasteiger partial charge in [-0.15, -0.1) is 0 Å². The van der Waals surface area contributed by atoms with Gasteiger partial charge >= 0.3 is 0 Å². The van der Waals surface area contributed by atoms with Gasteiger partial charge in [-0.2, -0.15) is 5.10 Å². The molecule has 1 aromatic rings. The Morgan fingerprint density at radius 1 is 1.50 bits per heavy atom. The van der Waals surface area contributed by atoms with Gasteiger partial charge in [-0.1, -0.05) is 13.8 Å². The van der Waals surface area contributed by atoms with E-state index in [9.17, 15) is 5.11 Å². The lowest BCUT2D eigenvalue weighted by Crippen LogP contribution is -2.49. The summed E-state index contributed by atoms with van der Waals surface area (Å²) < 4.78 is 1.95. The average molecular weight is 222 g/mol. The van der Waals surface area contributed by atoms with Crippen molar-refractivity contribution in [1.82, 2.24) is 9.78 Å². The van der Waals surface area contributed by atoms with E-state index in [1.54, 1.807) is 0 Å². The van der Waals surface area contributed by atoms with Crippen molar-refractivity contribution in [3.63, 3.8) is 0 Å². The van der Waals surface area contributed by atoms with E-state index in [1.807, 2.05) is 11.7 Å². The highest BCUT2D eigenvalue weighted by atomic mass is 16.3. The fraction of sp³-hybridized carbons (Fsp3) is 0.769. The molecule has 0 aromatic carbocycles. The van der Waals surface area contributed by atoms with Crippen molar-refractivity contribution in [3.05, 3.63) is 17.0 Å². The second kappa shape index (κ2) is 3.59. The predicted molar refractivity (Wildman–Crippen MR) is 64.4 cm³/mol. The first-order valence-corrected chi connectivity index (χ1v) is 6.10. The quantitative estimate of drug-likeness (QED) is 0.833. The lowest BCUT2D eigenvalue weighted by molar-refractivity contribution is -0.0781. The summed E-state index contributed by atoms with van der Waals surface area (Å²) in [5, 5.41) is 14.4. The molecule has 3 heteroatoms. The number of aliphatic hydroxyl groups is 1. The fourth-order valence-corrected chi connectivity index (χ4v) is 3.06. The lowest BCUT2D eigenvalue weighted by atomic mass is 9.55. The van der Waals surface area contributed by atoms with E-state index < -0.39 is 0 Å². The molecule has 2 rings (SSSR count). The molecule has 1 heterocycles. The first kappa shape index (κ1) is 11.6. The van der Waals surface area contributed by atoms with Crippen LogP contribution in [0.15, 0.2) is 0 Å². The van der Waals surface area contributed by atoms with Gasteiger partial charge in [-0.05, 0) is 38.2 Å². The van der Waals surface area contributed by atoms with Crippen molar-refractivity contribution in [2.24, 2.45) is 12.5 Å². The molecule has 3 nitrogen and oxygen atoms in total. The topological polar surface area (TPSA) is 38.1 Å². The minimum atomic E-state index is -0.151. The maximum absolute atomic E-state index is 9.96. The second-order valence-corrected chi connectivity index (χ2v) is 5.37. The Morgan fingerprint density at radius 2 is 2.12 bits per heavy atom. The normalized spacial score (nSPS) is 33.9. The summed E-state index contributed by atoms with van der Waals surface area (Å²) in [6.45, 7) is 8.55. The third-order valence-corrected chi connectivity index (χ3v) is 4.69. The number of rotatable bonds is 2. The standard InChI is InChI=1S/C13H22N2O/c1-6-13(4)10(7-11(13)16)12-8(2)14-15(5)9(12)3/h10-11,16H,6-7H2,1-5H3. The Bertz CT molecular complexity index is 410. The number of aryl methyl sites for hydroxylation is 2. The molecular weight excluding hydrogens is 200 g/mol. The van der Waals surface area contributed by atoms with Crippen LogP contribution in [0.3, 0.4) is 0 Å². The molecule has 0 aliphatic heterocycles. The third kappa shape index (κ3) is 1.34. The van der Waals surface area contributed by atoms with E-state index >= 15 is 0 Å². The van der Waals surface area contributed by atoms with E-state index in [0.29, 0.717) is 5.92 Å². The van der Waals surface area contributed by atoms with Crippen LogP contribution >= 0.6 is 0 Å². The van der Waals surface area contributed by atoms with Gasteiger partial charge in [0.2, 0.25) is 0 Å². The zero-order valence-corrected chi connectivity index (χ0v) is 10.9. The predicted octanol–water partition coefficient (Wildman–Crippen LogP) is 2.30. The number of hydrogen-bond donors (Lipinski definition) is 1. The minimum absolute atomic E-state index is 0.0402. The smallest absolute Gasteiger partial charge is 0.0631 e. The Kier molecular flexibility index (Phi) is 2.61. The average Bonchev–Trinajstić information content (AvgIpc) is 2.49. The molecule has 90 valence electrons. The van der Waals surface area contributed by atoms with Gasteiger partial charge in [0, 0.05) is 18.2 Å². The molecule has 0 radical (unpaired) electrons. The number of aromatic nitrogens is 2. The third-order valence-electron chi connectivity index (χ3n) is 4.69. The van der Waals surface area contributed by atoms with Gasteiger partial charge in [0.05, 0.1) is 11.8 Å². The Labute approximate surface area is 97.5 Å². The van der Waals surface area contributed by atoms with E-state index in [4.69, 9.17) is 0 Å². The van der Waals surface area contributed by atoms with Gasteiger partial charge in [0.15, 0.2) is 0 Å². The molecule has 1 aliphatic rings. The van der Waals surface area contributed by atoms with Gasteiger partial charge in [-0.25, -0.2) is 0 Å². The van der Waals surface area contributed by atoms with E-state index in [0.717, 1.165) is 18.5 Å². The van der Waals surface area contributed by atoms with Crippen LogP contribution in [0, 0.1) is 19.3 Å². The van der Waals surface area contributed by atoms with Crippen LogP contribution in [0.5, 0.6) is 0 Å².